The molecule has 0 aliphatic carbocycles. The molecule has 28 heavy (non-hydrogen) atoms. The van der Waals surface area contributed by atoms with Gasteiger partial charge in [0.2, 0.25) is 10.2 Å². The van der Waals surface area contributed by atoms with Crippen LogP contribution in [0.5, 0.6) is 0 Å². The van der Waals surface area contributed by atoms with E-state index >= 15 is 0 Å². The average molecular weight is 427 g/mol. The summed E-state index contributed by atoms with van der Waals surface area (Å²) in [4.78, 5) is 61.9. The van der Waals surface area contributed by atoms with E-state index in [2.05, 4.69) is 13.2 Å². The molecule has 1 aliphatic rings. The van der Waals surface area contributed by atoms with Crippen LogP contribution in [0, 0.1) is 0 Å². The molecule has 0 N–H and O–H groups in total. The largest absolute Gasteiger partial charge is 0.334 e. The molecule has 9 heteroatoms. The number of imide groups is 2. The standard InChI is InChI=1S/C19H26N2O5S2/c1-11(2)17(24)27-13(5)7-9-20-15(22)16(23)21(19(20)26)10-8-14(6)28-18(25)12(3)4/h13-14H,1,3,7-10H2,2,4-6H3. The molecular weight excluding hydrogens is 400 g/mol. The van der Waals surface area contributed by atoms with Crippen LogP contribution in [0.3, 0.4) is 0 Å². The number of carbonyl (C=O) groups excluding carboxylic acids is 5. The van der Waals surface area contributed by atoms with Gasteiger partial charge in [0, 0.05) is 23.6 Å². The van der Waals surface area contributed by atoms with E-state index in [0.29, 0.717) is 24.0 Å². The van der Waals surface area contributed by atoms with Crippen molar-refractivity contribution >= 4 is 51.6 Å². The highest BCUT2D eigenvalue weighted by Crippen LogP contribution is 2.23. The van der Waals surface area contributed by atoms with E-state index in [1.54, 1.807) is 13.8 Å². The Labute approximate surface area is 173 Å². The topological polar surface area (TPSA) is 91.8 Å². The van der Waals surface area contributed by atoms with Gasteiger partial charge in [0.15, 0.2) is 0 Å². The third kappa shape index (κ3) is 6.63. The molecular formula is C19H26N2O5S2. The van der Waals surface area contributed by atoms with Crippen LogP contribution in [0.15, 0.2) is 24.3 Å². The van der Waals surface area contributed by atoms with Gasteiger partial charge in [0.05, 0.1) is 0 Å². The van der Waals surface area contributed by atoms with Crippen LogP contribution in [-0.4, -0.2) is 61.5 Å². The van der Waals surface area contributed by atoms with Gasteiger partial charge < -0.3 is 0 Å². The lowest BCUT2D eigenvalue weighted by Gasteiger charge is -2.18. The Kier molecular flexibility index (Phi) is 9.16. The quantitative estimate of drug-likeness (QED) is 0.301. The molecule has 0 aromatic rings. The summed E-state index contributed by atoms with van der Waals surface area (Å²) in [6, 6.07) is -0.651. The van der Waals surface area contributed by atoms with Crippen LogP contribution in [-0.2, 0) is 19.2 Å². The highest BCUT2D eigenvalue weighted by Gasteiger charge is 2.44. The van der Waals surface area contributed by atoms with Crippen molar-refractivity contribution in [3.05, 3.63) is 24.3 Å². The maximum Gasteiger partial charge on any atom is 0.334 e. The highest BCUT2D eigenvalue weighted by molar-refractivity contribution is 8.14. The lowest BCUT2D eigenvalue weighted by Crippen LogP contribution is -2.35. The monoisotopic (exact) mass is 426 g/mol. The van der Waals surface area contributed by atoms with Gasteiger partial charge in [-0.1, -0.05) is 50.5 Å². The predicted molar refractivity (Wildman–Crippen MR) is 112 cm³/mol. The first-order chi connectivity index (χ1) is 13.0. The van der Waals surface area contributed by atoms with Gasteiger partial charge in [0.1, 0.15) is 0 Å². The zero-order chi connectivity index (χ0) is 21.6. The number of hydrogen-bond acceptors (Lipinski definition) is 7. The molecule has 4 amide bonds. The number of thioether (sulfide) groups is 2. The second-order valence-corrected chi connectivity index (χ2v) is 9.59. The van der Waals surface area contributed by atoms with Crippen molar-refractivity contribution in [2.45, 2.75) is 51.0 Å². The second kappa shape index (κ2) is 10.6. The first kappa shape index (κ1) is 24.2. The maximum absolute atomic E-state index is 12.4. The van der Waals surface area contributed by atoms with Crippen LogP contribution in [0.2, 0.25) is 0 Å². The van der Waals surface area contributed by atoms with Gasteiger partial charge in [0.25, 0.3) is 0 Å². The van der Waals surface area contributed by atoms with Gasteiger partial charge in [-0.15, -0.1) is 0 Å². The molecule has 1 heterocycles. The first-order valence-electron chi connectivity index (χ1n) is 8.86. The molecule has 1 saturated heterocycles. The van der Waals surface area contributed by atoms with Gasteiger partial charge >= 0.3 is 17.8 Å². The molecule has 154 valence electrons. The number of urea groups is 1. The van der Waals surface area contributed by atoms with Crippen molar-refractivity contribution in [1.82, 2.24) is 9.80 Å². The molecule has 0 saturated carbocycles. The van der Waals surface area contributed by atoms with E-state index in [0.717, 1.165) is 33.3 Å². The zero-order valence-corrected chi connectivity index (χ0v) is 18.3. The zero-order valence-electron chi connectivity index (χ0n) is 16.6. The summed E-state index contributed by atoms with van der Waals surface area (Å²) >= 11 is 2.18. The molecule has 0 aromatic carbocycles. The Morgan fingerprint density at radius 1 is 0.821 bits per heavy atom. The molecule has 1 aliphatic heterocycles. The molecule has 1 rings (SSSR count). The summed E-state index contributed by atoms with van der Waals surface area (Å²) in [5.74, 6) is -1.71. The Bertz CT molecular complexity index is 661. The number of carbonyl (C=O) groups is 5. The molecule has 2 unspecified atom stereocenters. The van der Waals surface area contributed by atoms with Crippen molar-refractivity contribution in [3.8, 4) is 0 Å². The fourth-order valence-electron chi connectivity index (χ4n) is 2.25. The van der Waals surface area contributed by atoms with Gasteiger partial charge in [-0.25, -0.2) is 4.79 Å². The van der Waals surface area contributed by atoms with Gasteiger partial charge in [-0.2, -0.15) is 0 Å². The van der Waals surface area contributed by atoms with Crippen molar-refractivity contribution in [3.63, 3.8) is 0 Å². The van der Waals surface area contributed by atoms with E-state index in [1.807, 2.05) is 13.8 Å². The van der Waals surface area contributed by atoms with Crippen molar-refractivity contribution in [1.29, 1.82) is 0 Å². The minimum absolute atomic E-state index is 0.0655. The highest BCUT2D eigenvalue weighted by atomic mass is 32.2. The maximum atomic E-state index is 12.4. The van der Waals surface area contributed by atoms with E-state index in [-0.39, 0.29) is 33.8 Å². The Balaban J connectivity index is 2.59. The lowest BCUT2D eigenvalue weighted by molar-refractivity contribution is -0.143. The summed E-state index contributed by atoms with van der Waals surface area (Å²) in [5.41, 5.74) is 0.868. The lowest BCUT2D eigenvalue weighted by atomic mass is 10.3. The van der Waals surface area contributed by atoms with Crippen LogP contribution < -0.4 is 0 Å². The molecule has 1 fully saturated rings. The van der Waals surface area contributed by atoms with E-state index in [1.165, 1.54) is 0 Å². The Hall–Kier alpha value is -1.87. The minimum atomic E-state index is -0.855. The third-order valence-electron chi connectivity index (χ3n) is 3.97. The Morgan fingerprint density at radius 3 is 1.43 bits per heavy atom. The van der Waals surface area contributed by atoms with Crippen LogP contribution >= 0.6 is 23.5 Å². The van der Waals surface area contributed by atoms with Crippen LogP contribution in [0.4, 0.5) is 4.79 Å². The fourth-order valence-corrected chi connectivity index (χ4v) is 3.83. The Morgan fingerprint density at radius 2 is 1.14 bits per heavy atom. The summed E-state index contributed by atoms with van der Waals surface area (Å²) in [7, 11) is 0. The third-order valence-corrected chi connectivity index (χ3v) is 6.37. The number of nitrogens with zero attached hydrogens (tertiary/aromatic N) is 2. The van der Waals surface area contributed by atoms with E-state index < -0.39 is 17.8 Å². The molecule has 0 aromatic heterocycles. The molecule has 0 bridgehead atoms. The second-order valence-electron chi connectivity index (χ2n) is 6.77. The van der Waals surface area contributed by atoms with E-state index in [9.17, 15) is 24.0 Å². The normalized spacial score (nSPS) is 16.4. The minimum Gasteiger partial charge on any atom is -0.282 e. The van der Waals surface area contributed by atoms with Gasteiger partial charge in [-0.05, 0) is 37.8 Å². The van der Waals surface area contributed by atoms with Gasteiger partial charge in [-0.3, -0.25) is 29.0 Å². The van der Waals surface area contributed by atoms with Crippen LogP contribution in [0.1, 0.15) is 40.5 Å². The summed E-state index contributed by atoms with van der Waals surface area (Å²) in [5, 5.41) is -0.530. The number of rotatable bonds is 10. The SMILES string of the molecule is C=C(C)C(=O)SC(C)CCN1C(=O)C(=O)N(CCC(C)SC(=O)C(=C)C)C1=O. The number of amides is 4. The van der Waals surface area contributed by atoms with Crippen molar-refractivity contribution in [2.24, 2.45) is 0 Å². The molecule has 0 radical (unpaired) electrons. The number of hydrogen-bond donors (Lipinski definition) is 0. The predicted octanol–water partition coefficient (Wildman–Crippen LogP) is 3.01. The molecule has 7 nitrogen and oxygen atoms in total. The van der Waals surface area contributed by atoms with Crippen molar-refractivity contribution in [2.75, 3.05) is 13.1 Å². The van der Waals surface area contributed by atoms with Crippen molar-refractivity contribution < 1.29 is 24.0 Å². The molecule has 2 atom stereocenters. The first-order valence-corrected chi connectivity index (χ1v) is 10.6. The summed E-state index contributed by atoms with van der Waals surface area (Å²) in [6.45, 7) is 14.2. The summed E-state index contributed by atoms with van der Waals surface area (Å²) < 4.78 is 0. The average Bonchev–Trinajstić information content (AvgIpc) is 2.80. The van der Waals surface area contributed by atoms with E-state index in [4.69, 9.17) is 0 Å². The summed E-state index contributed by atoms with van der Waals surface area (Å²) in [6.07, 6.45) is 0.781. The van der Waals surface area contributed by atoms with Crippen LogP contribution in [0.25, 0.3) is 0 Å². The smallest absolute Gasteiger partial charge is 0.282 e. The molecule has 0 spiro atoms. The fraction of sp³-hybridized carbons (Fsp3) is 0.526.